The molecule has 2 nitrogen and oxygen atoms in total. The van der Waals surface area contributed by atoms with E-state index in [-0.39, 0.29) is 6.04 Å². The van der Waals surface area contributed by atoms with Gasteiger partial charge in [-0.25, -0.2) is 0 Å². The van der Waals surface area contributed by atoms with Crippen LogP contribution in [-0.2, 0) is 0 Å². The quantitative estimate of drug-likeness (QED) is 0.883. The van der Waals surface area contributed by atoms with E-state index in [9.17, 15) is 0 Å². The first kappa shape index (κ1) is 14.8. The standard InChI is InChI=1S/C16H25ClN2/c1-19(15-5-3-2-4-6-15)12-11-16(18)13-7-9-14(17)10-8-13/h7-10,15-16H,2-6,11-12,18H2,1H3. The number of benzene rings is 1. The normalized spacial score (nSPS) is 18.7. The fraction of sp³-hybridized carbons (Fsp3) is 0.625. The maximum Gasteiger partial charge on any atom is 0.0406 e. The van der Waals surface area contributed by atoms with Gasteiger partial charge >= 0.3 is 0 Å². The summed E-state index contributed by atoms with van der Waals surface area (Å²) < 4.78 is 0. The molecule has 1 unspecified atom stereocenters. The van der Waals surface area contributed by atoms with Gasteiger partial charge in [0.25, 0.3) is 0 Å². The number of hydrogen-bond donors (Lipinski definition) is 1. The maximum absolute atomic E-state index is 6.25. The first-order valence-corrected chi connectivity index (χ1v) is 7.76. The fourth-order valence-electron chi connectivity index (χ4n) is 2.92. The molecule has 106 valence electrons. The average molecular weight is 281 g/mol. The Kier molecular flexibility index (Phi) is 5.68. The van der Waals surface area contributed by atoms with Gasteiger partial charge in [0.15, 0.2) is 0 Å². The lowest BCUT2D eigenvalue weighted by atomic mass is 9.94. The van der Waals surface area contributed by atoms with E-state index in [1.807, 2.05) is 24.3 Å². The van der Waals surface area contributed by atoms with Crippen LogP contribution in [0.25, 0.3) is 0 Å². The smallest absolute Gasteiger partial charge is 0.0406 e. The second-order valence-electron chi connectivity index (χ2n) is 5.72. The van der Waals surface area contributed by atoms with Crippen molar-refractivity contribution in [3.05, 3.63) is 34.9 Å². The molecule has 1 aliphatic rings. The van der Waals surface area contributed by atoms with Crippen molar-refractivity contribution in [3.8, 4) is 0 Å². The van der Waals surface area contributed by atoms with Gasteiger partial charge in [0, 0.05) is 17.1 Å². The molecule has 0 aromatic heterocycles. The summed E-state index contributed by atoms with van der Waals surface area (Å²) in [7, 11) is 2.24. The van der Waals surface area contributed by atoms with Crippen molar-refractivity contribution >= 4 is 11.6 Å². The summed E-state index contributed by atoms with van der Waals surface area (Å²) in [5.41, 5.74) is 7.44. The van der Waals surface area contributed by atoms with Crippen LogP contribution in [0.1, 0.15) is 50.1 Å². The molecule has 0 heterocycles. The van der Waals surface area contributed by atoms with Gasteiger partial charge < -0.3 is 10.6 Å². The minimum absolute atomic E-state index is 0.114. The maximum atomic E-state index is 6.25. The molecule has 1 atom stereocenters. The summed E-state index contributed by atoms with van der Waals surface area (Å²) in [6.07, 6.45) is 7.90. The van der Waals surface area contributed by atoms with Crippen LogP contribution < -0.4 is 5.73 Å². The van der Waals surface area contributed by atoms with Crippen LogP contribution in [0.5, 0.6) is 0 Å². The van der Waals surface area contributed by atoms with Gasteiger partial charge in [0.2, 0.25) is 0 Å². The Labute approximate surface area is 121 Å². The van der Waals surface area contributed by atoms with Crippen molar-refractivity contribution in [3.63, 3.8) is 0 Å². The summed E-state index contributed by atoms with van der Waals surface area (Å²) in [6.45, 7) is 1.08. The van der Waals surface area contributed by atoms with Gasteiger partial charge in [0.1, 0.15) is 0 Å². The molecular weight excluding hydrogens is 256 g/mol. The molecule has 0 amide bonds. The Morgan fingerprint density at radius 1 is 1.21 bits per heavy atom. The monoisotopic (exact) mass is 280 g/mol. The fourth-order valence-corrected chi connectivity index (χ4v) is 3.05. The number of rotatable bonds is 5. The van der Waals surface area contributed by atoms with E-state index in [4.69, 9.17) is 17.3 Å². The predicted octanol–water partition coefficient (Wildman–Crippen LogP) is 3.99. The summed E-state index contributed by atoms with van der Waals surface area (Å²) >= 11 is 5.90. The SMILES string of the molecule is CN(CCC(N)c1ccc(Cl)cc1)C1CCCCC1. The summed E-state index contributed by atoms with van der Waals surface area (Å²) in [5.74, 6) is 0. The zero-order valence-electron chi connectivity index (χ0n) is 11.8. The highest BCUT2D eigenvalue weighted by Gasteiger charge is 2.18. The minimum Gasteiger partial charge on any atom is -0.324 e. The summed E-state index contributed by atoms with van der Waals surface area (Å²) in [6, 6.07) is 8.79. The third kappa shape index (κ3) is 4.48. The van der Waals surface area contributed by atoms with Crippen LogP contribution in [-0.4, -0.2) is 24.5 Å². The molecule has 0 saturated heterocycles. The lowest BCUT2D eigenvalue weighted by Gasteiger charge is -2.31. The van der Waals surface area contributed by atoms with E-state index >= 15 is 0 Å². The molecule has 0 spiro atoms. The molecular formula is C16H25ClN2. The second-order valence-corrected chi connectivity index (χ2v) is 6.16. The van der Waals surface area contributed by atoms with Crippen molar-refractivity contribution in [2.75, 3.05) is 13.6 Å². The highest BCUT2D eigenvalue weighted by molar-refractivity contribution is 6.30. The van der Waals surface area contributed by atoms with Crippen LogP contribution in [0, 0.1) is 0 Å². The molecule has 1 fully saturated rings. The molecule has 1 aliphatic carbocycles. The van der Waals surface area contributed by atoms with Crippen molar-refractivity contribution in [1.29, 1.82) is 0 Å². The predicted molar refractivity (Wildman–Crippen MR) is 82.5 cm³/mol. The third-order valence-corrected chi connectivity index (χ3v) is 4.54. The first-order chi connectivity index (χ1) is 9.16. The second kappa shape index (κ2) is 7.28. The topological polar surface area (TPSA) is 29.3 Å². The largest absolute Gasteiger partial charge is 0.324 e. The van der Waals surface area contributed by atoms with E-state index < -0.39 is 0 Å². The third-order valence-electron chi connectivity index (χ3n) is 4.29. The molecule has 0 aliphatic heterocycles. The van der Waals surface area contributed by atoms with E-state index in [0.717, 1.165) is 24.0 Å². The van der Waals surface area contributed by atoms with Gasteiger partial charge in [0.05, 0.1) is 0 Å². The van der Waals surface area contributed by atoms with E-state index in [1.54, 1.807) is 0 Å². The number of halogens is 1. The lowest BCUT2D eigenvalue weighted by molar-refractivity contribution is 0.186. The molecule has 1 saturated carbocycles. The number of nitrogens with zero attached hydrogens (tertiary/aromatic N) is 1. The molecule has 2 rings (SSSR count). The van der Waals surface area contributed by atoms with Gasteiger partial charge in [-0.1, -0.05) is 43.0 Å². The molecule has 1 aromatic carbocycles. The van der Waals surface area contributed by atoms with Crippen molar-refractivity contribution in [2.24, 2.45) is 5.73 Å². The van der Waals surface area contributed by atoms with Gasteiger partial charge in [-0.3, -0.25) is 0 Å². The lowest BCUT2D eigenvalue weighted by Crippen LogP contribution is -2.35. The van der Waals surface area contributed by atoms with Crippen molar-refractivity contribution in [2.45, 2.75) is 50.6 Å². The van der Waals surface area contributed by atoms with Crippen molar-refractivity contribution in [1.82, 2.24) is 4.90 Å². The Hall–Kier alpha value is -0.570. The Bertz CT molecular complexity index is 371. The minimum atomic E-state index is 0.114. The zero-order valence-corrected chi connectivity index (χ0v) is 12.6. The Morgan fingerprint density at radius 2 is 1.84 bits per heavy atom. The van der Waals surface area contributed by atoms with Crippen LogP contribution >= 0.6 is 11.6 Å². The van der Waals surface area contributed by atoms with Crippen LogP contribution in [0.3, 0.4) is 0 Å². The Balaban J connectivity index is 1.79. The molecule has 3 heteroatoms. The molecule has 1 aromatic rings. The molecule has 0 radical (unpaired) electrons. The van der Waals surface area contributed by atoms with E-state index in [1.165, 1.54) is 37.7 Å². The number of hydrogen-bond acceptors (Lipinski definition) is 2. The molecule has 0 bridgehead atoms. The highest BCUT2D eigenvalue weighted by Crippen LogP contribution is 2.23. The summed E-state index contributed by atoms with van der Waals surface area (Å²) in [4.78, 5) is 2.49. The van der Waals surface area contributed by atoms with Crippen molar-refractivity contribution < 1.29 is 0 Å². The van der Waals surface area contributed by atoms with E-state index in [0.29, 0.717) is 0 Å². The van der Waals surface area contributed by atoms with Gasteiger partial charge in [-0.15, -0.1) is 0 Å². The zero-order chi connectivity index (χ0) is 13.7. The Morgan fingerprint density at radius 3 is 2.47 bits per heavy atom. The van der Waals surface area contributed by atoms with Crippen LogP contribution in [0.4, 0.5) is 0 Å². The van der Waals surface area contributed by atoms with Crippen LogP contribution in [0.15, 0.2) is 24.3 Å². The van der Waals surface area contributed by atoms with Gasteiger partial charge in [-0.05, 0) is 50.6 Å². The van der Waals surface area contributed by atoms with E-state index in [2.05, 4.69) is 11.9 Å². The molecule has 2 N–H and O–H groups in total. The van der Waals surface area contributed by atoms with Gasteiger partial charge in [-0.2, -0.15) is 0 Å². The highest BCUT2D eigenvalue weighted by atomic mass is 35.5. The molecule has 19 heavy (non-hydrogen) atoms. The number of nitrogens with two attached hydrogens (primary N) is 1. The first-order valence-electron chi connectivity index (χ1n) is 7.38. The summed E-state index contributed by atoms with van der Waals surface area (Å²) in [5, 5.41) is 0.773. The van der Waals surface area contributed by atoms with Crippen LogP contribution in [0.2, 0.25) is 5.02 Å². The average Bonchev–Trinajstić information content (AvgIpc) is 2.46.